The molecule has 4 nitrogen and oxygen atoms in total. The van der Waals surface area contributed by atoms with Crippen LogP contribution in [0.5, 0.6) is 5.75 Å². The highest BCUT2D eigenvalue weighted by atomic mass is 16.5. The zero-order valence-electron chi connectivity index (χ0n) is 9.10. The minimum atomic E-state index is -0.434. The van der Waals surface area contributed by atoms with E-state index in [2.05, 4.69) is 0 Å². The molecule has 84 valence electrons. The van der Waals surface area contributed by atoms with Crippen LogP contribution >= 0.6 is 0 Å². The van der Waals surface area contributed by atoms with Crippen molar-refractivity contribution in [2.24, 2.45) is 0 Å². The fourth-order valence-electron chi connectivity index (χ4n) is 1.84. The van der Waals surface area contributed by atoms with Crippen LogP contribution in [0.2, 0.25) is 0 Å². The normalized spacial score (nSPS) is 16.4. The average Bonchev–Trinajstić information content (AvgIpc) is 2.33. The van der Waals surface area contributed by atoms with E-state index in [9.17, 15) is 9.59 Å². The predicted octanol–water partition coefficient (Wildman–Crippen LogP) is 1.39. The Bertz CT molecular complexity index is 428. The fraction of sp³-hybridized carbons (Fsp3) is 0.333. The molecule has 1 aliphatic heterocycles. The van der Waals surface area contributed by atoms with Crippen LogP contribution in [0, 0.1) is 0 Å². The summed E-state index contributed by atoms with van der Waals surface area (Å²) in [6, 6.07) is 7.22. The Kier molecular flexibility index (Phi) is 2.90. The van der Waals surface area contributed by atoms with Crippen molar-refractivity contribution in [1.82, 2.24) is 0 Å². The molecular formula is C12H13NO3. The standard InChI is InChI=1S/C12H13NO3/c1-16-11-7-3-2-5-9(11)13-8-4-6-10(14)12(13)15/h2-3,5,7H,4,6,8H2,1H3. The molecule has 0 unspecified atom stereocenters. The summed E-state index contributed by atoms with van der Waals surface area (Å²) in [6.07, 6.45) is 1.06. The Morgan fingerprint density at radius 1 is 1.25 bits per heavy atom. The fourth-order valence-corrected chi connectivity index (χ4v) is 1.84. The lowest BCUT2D eigenvalue weighted by atomic mass is 10.1. The third-order valence-electron chi connectivity index (χ3n) is 2.65. The summed E-state index contributed by atoms with van der Waals surface area (Å²) in [4.78, 5) is 24.6. The third kappa shape index (κ3) is 1.78. The highest BCUT2D eigenvalue weighted by molar-refractivity contribution is 6.42. The lowest BCUT2D eigenvalue weighted by molar-refractivity contribution is -0.137. The van der Waals surface area contributed by atoms with Gasteiger partial charge in [-0.1, -0.05) is 12.1 Å². The summed E-state index contributed by atoms with van der Waals surface area (Å²) in [6.45, 7) is 0.574. The Labute approximate surface area is 93.8 Å². The van der Waals surface area contributed by atoms with Crippen molar-refractivity contribution >= 4 is 17.4 Å². The van der Waals surface area contributed by atoms with E-state index in [0.29, 0.717) is 30.8 Å². The highest BCUT2D eigenvalue weighted by Gasteiger charge is 2.28. The number of benzene rings is 1. The van der Waals surface area contributed by atoms with E-state index in [1.54, 1.807) is 19.2 Å². The largest absolute Gasteiger partial charge is 0.495 e. The molecule has 4 heteroatoms. The molecule has 0 bridgehead atoms. The number of anilines is 1. The number of hydrogen-bond donors (Lipinski definition) is 0. The van der Waals surface area contributed by atoms with Crippen LogP contribution in [0.3, 0.4) is 0 Å². The number of rotatable bonds is 2. The Balaban J connectivity index is 2.35. The summed E-state index contributed by atoms with van der Waals surface area (Å²) in [5.74, 6) is -0.140. The van der Waals surface area contributed by atoms with Crippen molar-refractivity contribution in [1.29, 1.82) is 0 Å². The van der Waals surface area contributed by atoms with Crippen molar-refractivity contribution < 1.29 is 14.3 Å². The van der Waals surface area contributed by atoms with Gasteiger partial charge in [0.25, 0.3) is 5.91 Å². The van der Waals surface area contributed by atoms with Crippen LogP contribution in [-0.2, 0) is 9.59 Å². The average molecular weight is 219 g/mol. The molecule has 0 saturated carbocycles. The maximum Gasteiger partial charge on any atom is 0.294 e. The number of ketones is 1. The van der Waals surface area contributed by atoms with E-state index in [4.69, 9.17) is 4.74 Å². The van der Waals surface area contributed by atoms with Gasteiger partial charge in [-0.15, -0.1) is 0 Å². The van der Waals surface area contributed by atoms with Gasteiger partial charge < -0.3 is 9.64 Å². The molecule has 16 heavy (non-hydrogen) atoms. The minimum absolute atomic E-state index is 0.322. The summed E-state index contributed by atoms with van der Waals surface area (Å²) >= 11 is 0. The van der Waals surface area contributed by atoms with Gasteiger partial charge in [-0.25, -0.2) is 0 Å². The summed E-state index contributed by atoms with van der Waals surface area (Å²) < 4.78 is 5.18. The van der Waals surface area contributed by atoms with Crippen LogP contribution in [0.25, 0.3) is 0 Å². The highest BCUT2D eigenvalue weighted by Crippen LogP contribution is 2.29. The van der Waals surface area contributed by atoms with Gasteiger partial charge in [0, 0.05) is 13.0 Å². The summed E-state index contributed by atoms with van der Waals surface area (Å²) in [7, 11) is 1.55. The van der Waals surface area contributed by atoms with E-state index >= 15 is 0 Å². The van der Waals surface area contributed by atoms with Gasteiger partial charge in [0.2, 0.25) is 5.78 Å². The van der Waals surface area contributed by atoms with Crippen LogP contribution in [0.15, 0.2) is 24.3 Å². The maximum atomic E-state index is 11.7. The lowest BCUT2D eigenvalue weighted by Gasteiger charge is -2.26. The maximum absolute atomic E-state index is 11.7. The van der Waals surface area contributed by atoms with E-state index in [1.807, 2.05) is 12.1 Å². The number of nitrogens with zero attached hydrogens (tertiary/aromatic N) is 1. The molecule has 1 amide bonds. The molecule has 1 saturated heterocycles. The van der Waals surface area contributed by atoms with Crippen molar-refractivity contribution in [2.75, 3.05) is 18.6 Å². The van der Waals surface area contributed by atoms with Crippen molar-refractivity contribution in [3.8, 4) is 5.75 Å². The topological polar surface area (TPSA) is 46.6 Å². The van der Waals surface area contributed by atoms with Crippen molar-refractivity contribution in [2.45, 2.75) is 12.8 Å². The van der Waals surface area contributed by atoms with Gasteiger partial charge in [-0.3, -0.25) is 9.59 Å². The first-order chi connectivity index (χ1) is 7.74. The van der Waals surface area contributed by atoms with E-state index in [0.717, 1.165) is 0 Å². The first kappa shape index (κ1) is 10.7. The summed E-state index contributed by atoms with van der Waals surface area (Å²) in [5.41, 5.74) is 0.669. The first-order valence-electron chi connectivity index (χ1n) is 5.21. The van der Waals surface area contributed by atoms with Crippen molar-refractivity contribution in [3.63, 3.8) is 0 Å². The number of methoxy groups -OCH3 is 1. The van der Waals surface area contributed by atoms with Crippen LogP contribution in [-0.4, -0.2) is 25.3 Å². The second-order valence-electron chi connectivity index (χ2n) is 3.66. The number of Topliss-reactive ketones (excluding diaryl/α,β-unsaturated/α-hetero) is 1. The predicted molar refractivity (Wildman–Crippen MR) is 59.6 cm³/mol. The van der Waals surface area contributed by atoms with E-state index in [-0.39, 0.29) is 5.78 Å². The molecule has 1 aromatic carbocycles. The minimum Gasteiger partial charge on any atom is -0.495 e. The molecule has 1 aliphatic rings. The second kappa shape index (κ2) is 4.35. The third-order valence-corrected chi connectivity index (χ3v) is 2.65. The molecule has 0 N–H and O–H groups in total. The number of hydrogen-bond acceptors (Lipinski definition) is 3. The lowest BCUT2D eigenvalue weighted by Crippen LogP contribution is -2.41. The first-order valence-corrected chi connectivity index (χ1v) is 5.21. The zero-order valence-corrected chi connectivity index (χ0v) is 9.10. The van der Waals surface area contributed by atoms with Gasteiger partial charge in [0.05, 0.1) is 12.8 Å². The number of amides is 1. The number of carbonyl (C=O) groups is 2. The van der Waals surface area contributed by atoms with Gasteiger partial charge >= 0.3 is 0 Å². The van der Waals surface area contributed by atoms with Crippen LogP contribution in [0.1, 0.15) is 12.8 Å². The molecule has 2 rings (SSSR count). The molecule has 1 fully saturated rings. The summed E-state index contributed by atoms with van der Waals surface area (Å²) in [5, 5.41) is 0. The Hall–Kier alpha value is -1.84. The van der Waals surface area contributed by atoms with Crippen LogP contribution < -0.4 is 9.64 Å². The second-order valence-corrected chi connectivity index (χ2v) is 3.66. The molecule has 0 atom stereocenters. The van der Waals surface area contributed by atoms with Gasteiger partial charge in [0.1, 0.15) is 5.75 Å². The van der Waals surface area contributed by atoms with E-state index < -0.39 is 5.91 Å². The quantitative estimate of drug-likeness (QED) is 0.706. The number of carbonyl (C=O) groups excluding carboxylic acids is 2. The Morgan fingerprint density at radius 2 is 2.00 bits per heavy atom. The number of piperidine rings is 1. The Morgan fingerprint density at radius 3 is 2.75 bits per heavy atom. The molecular weight excluding hydrogens is 206 g/mol. The molecule has 1 heterocycles. The van der Waals surface area contributed by atoms with Gasteiger partial charge in [0.15, 0.2) is 0 Å². The molecule has 0 aliphatic carbocycles. The van der Waals surface area contributed by atoms with Gasteiger partial charge in [-0.2, -0.15) is 0 Å². The molecule has 0 radical (unpaired) electrons. The molecule has 1 aromatic rings. The number of para-hydroxylation sites is 2. The van der Waals surface area contributed by atoms with Crippen molar-refractivity contribution in [3.05, 3.63) is 24.3 Å². The smallest absolute Gasteiger partial charge is 0.294 e. The monoisotopic (exact) mass is 219 g/mol. The zero-order chi connectivity index (χ0) is 11.5. The van der Waals surface area contributed by atoms with Crippen LogP contribution in [0.4, 0.5) is 5.69 Å². The molecule has 0 spiro atoms. The molecule has 0 aromatic heterocycles. The number of ether oxygens (including phenoxy) is 1. The van der Waals surface area contributed by atoms with E-state index in [1.165, 1.54) is 4.90 Å². The SMILES string of the molecule is COc1ccccc1N1CCCC(=O)C1=O. The van der Waals surface area contributed by atoms with Gasteiger partial charge in [-0.05, 0) is 18.6 Å².